The first-order valence-electron chi connectivity index (χ1n) is 8.85. The zero-order valence-corrected chi connectivity index (χ0v) is 16.1. The molecule has 1 aromatic carbocycles. The smallest absolute Gasteiger partial charge is 0.407 e. The fraction of sp³-hybridized carbons (Fsp3) is 0.556. The molecule has 1 fully saturated rings. The van der Waals surface area contributed by atoms with Gasteiger partial charge in [-0.1, -0.05) is 0 Å². The monoisotopic (exact) mass is 378 g/mol. The number of anilines is 1. The molecule has 1 aliphatic heterocycles. The number of benzene rings is 1. The SMILES string of the molecule is CNc1ccc(C(=O)N2CCC[C@@H](NC(=O)OC(C)(C)C)C2)cc1[N+](=O)[O-]. The summed E-state index contributed by atoms with van der Waals surface area (Å²) in [7, 11) is 1.58. The van der Waals surface area contributed by atoms with Gasteiger partial charge in [0.2, 0.25) is 0 Å². The van der Waals surface area contributed by atoms with Gasteiger partial charge in [-0.15, -0.1) is 0 Å². The van der Waals surface area contributed by atoms with E-state index in [0.29, 0.717) is 18.8 Å². The van der Waals surface area contributed by atoms with E-state index in [1.54, 1.807) is 38.8 Å². The number of amides is 2. The number of carbonyl (C=O) groups excluding carboxylic acids is 2. The molecule has 1 aliphatic rings. The van der Waals surface area contributed by atoms with Crippen LogP contribution in [0.1, 0.15) is 44.0 Å². The van der Waals surface area contributed by atoms with Crippen LogP contribution in [0.25, 0.3) is 0 Å². The Kier molecular flexibility index (Phi) is 6.24. The van der Waals surface area contributed by atoms with Crippen molar-refractivity contribution < 1.29 is 19.2 Å². The van der Waals surface area contributed by atoms with Gasteiger partial charge in [-0.05, 0) is 45.7 Å². The Morgan fingerprint density at radius 3 is 2.63 bits per heavy atom. The average Bonchev–Trinajstić information content (AvgIpc) is 2.59. The van der Waals surface area contributed by atoms with Gasteiger partial charge in [0, 0.05) is 37.8 Å². The molecule has 148 valence electrons. The molecule has 1 aromatic rings. The van der Waals surface area contributed by atoms with E-state index in [4.69, 9.17) is 4.74 Å². The molecule has 1 saturated heterocycles. The number of rotatable bonds is 4. The maximum absolute atomic E-state index is 12.8. The molecule has 0 aliphatic carbocycles. The first-order valence-corrected chi connectivity index (χ1v) is 8.85. The quantitative estimate of drug-likeness (QED) is 0.615. The van der Waals surface area contributed by atoms with Crippen LogP contribution < -0.4 is 10.6 Å². The minimum absolute atomic E-state index is 0.149. The number of nitro benzene ring substituents is 1. The Labute approximate surface area is 158 Å². The molecule has 9 nitrogen and oxygen atoms in total. The molecule has 0 unspecified atom stereocenters. The lowest BCUT2D eigenvalue weighted by Crippen LogP contribution is -2.50. The third-order valence-corrected chi connectivity index (χ3v) is 4.14. The van der Waals surface area contributed by atoms with Crippen LogP contribution in [0.2, 0.25) is 0 Å². The Morgan fingerprint density at radius 1 is 1.33 bits per heavy atom. The fourth-order valence-corrected chi connectivity index (χ4v) is 2.96. The van der Waals surface area contributed by atoms with E-state index in [9.17, 15) is 19.7 Å². The molecule has 2 amide bonds. The van der Waals surface area contributed by atoms with Crippen LogP contribution in [0, 0.1) is 10.1 Å². The lowest BCUT2D eigenvalue weighted by molar-refractivity contribution is -0.384. The van der Waals surface area contributed by atoms with Gasteiger partial charge < -0.3 is 20.3 Å². The highest BCUT2D eigenvalue weighted by atomic mass is 16.6. The first-order chi connectivity index (χ1) is 12.6. The third kappa shape index (κ3) is 5.57. The minimum atomic E-state index is -0.595. The summed E-state index contributed by atoms with van der Waals surface area (Å²) in [4.78, 5) is 37.0. The maximum atomic E-state index is 12.8. The molecule has 0 aromatic heterocycles. The van der Waals surface area contributed by atoms with Gasteiger partial charge in [0.15, 0.2) is 0 Å². The van der Waals surface area contributed by atoms with Gasteiger partial charge in [0.05, 0.1) is 4.92 Å². The summed E-state index contributed by atoms with van der Waals surface area (Å²) in [6.07, 6.45) is 0.945. The van der Waals surface area contributed by atoms with Gasteiger partial charge in [-0.25, -0.2) is 4.79 Å². The molecule has 1 heterocycles. The van der Waals surface area contributed by atoms with Gasteiger partial charge >= 0.3 is 6.09 Å². The molecule has 0 saturated carbocycles. The summed E-state index contributed by atoms with van der Waals surface area (Å²) in [5, 5.41) is 16.7. The number of nitrogens with one attached hydrogen (secondary N) is 2. The first kappa shape index (κ1) is 20.5. The van der Waals surface area contributed by atoms with E-state index < -0.39 is 16.6 Å². The molecule has 9 heteroatoms. The van der Waals surface area contributed by atoms with Crippen molar-refractivity contribution in [3.05, 3.63) is 33.9 Å². The van der Waals surface area contributed by atoms with Crippen LogP contribution in [-0.2, 0) is 4.74 Å². The second-order valence-electron chi connectivity index (χ2n) is 7.48. The maximum Gasteiger partial charge on any atom is 0.407 e. The van der Waals surface area contributed by atoms with Crippen LogP contribution in [0.4, 0.5) is 16.2 Å². The minimum Gasteiger partial charge on any atom is -0.444 e. The lowest BCUT2D eigenvalue weighted by atomic mass is 10.0. The molecule has 1 atom stereocenters. The molecular weight excluding hydrogens is 352 g/mol. The molecule has 0 spiro atoms. The normalized spacial score (nSPS) is 17.2. The van der Waals surface area contributed by atoms with Gasteiger partial charge in [-0.3, -0.25) is 14.9 Å². The highest BCUT2D eigenvalue weighted by Crippen LogP contribution is 2.26. The Bertz CT molecular complexity index is 729. The van der Waals surface area contributed by atoms with Gasteiger partial charge in [-0.2, -0.15) is 0 Å². The molecule has 27 heavy (non-hydrogen) atoms. The van der Waals surface area contributed by atoms with Crippen molar-refractivity contribution in [3.63, 3.8) is 0 Å². The number of nitro groups is 1. The van der Waals surface area contributed by atoms with Crippen LogP contribution >= 0.6 is 0 Å². The highest BCUT2D eigenvalue weighted by Gasteiger charge is 2.28. The van der Waals surface area contributed by atoms with Crippen molar-refractivity contribution >= 4 is 23.4 Å². The largest absolute Gasteiger partial charge is 0.444 e. The molecule has 2 N–H and O–H groups in total. The van der Waals surface area contributed by atoms with Crippen LogP contribution in [0.15, 0.2) is 18.2 Å². The average molecular weight is 378 g/mol. The third-order valence-electron chi connectivity index (χ3n) is 4.14. The fourth-order valence-electron chi connectivity index (χ4n) is 2.96. The van der Waals surface area contributed by atoms with Gasteiger partial charge in [0.25, 0.3) is 11.6 Å². The van der Waals surface area contributed by atoms with Crippen LogP contribution in [0.3, 0.4) is 0 Å². The van der Waals surface area contributed by atoms with Crippen molar-refractivity contribution in [2.75, 3.05) is 25.5 Å². The topological polar surface area (TPSA) is 114 Å². The van der Waals surface area contributed by atoms with E-state index in [1.165, 1.54) is 12.1 Å². The number of likely N-dealkylation sites (tertiary alicyclic amines) is 1. The predicted molar refractivity (Wildman–Crippen MR) is 101 cm³/mol. The Balaban J connectivity index is 2.07. The Hall–Kier alpha value is -2.84. The number of hydrogen-bond acceptors (Lipinski definition) is 6. The molecule has 2 rings (SSSR count). The number of nitrogens with zero attached hydrogens (tertiary/aromatic N) is 2. The van der Waals surface area contributed by atoms with Crippen LogP contribution in [-0.4, -0.2) is 53.6 Å². The van der Waals surface area contributed by atoms with Crippen molar-refractivity contribution in [3.8, 4) is 0 Å². The summed E-state index contributed by atoms with van der Waals surface area (Å²) in [6.45, 7) is 6.22. The Morgan fingerprint density at radius 2 is 2.04 bits per heavy atom. The van der Waals surface area contributed by atoms with Gasteiger partial charge in [0.1, 0.15) is 11.3 Å². The molecule has 0 bridgehead atoms. The second-order valence-corrected chi connectivity index (χ2v) is 7.48. The van der Waals surface area contributed by atoms with Crippen molar-refractivity contribution in [1.29, 1.82) is 0 Å². The zero-order chi connectivity index (χ0) is 20.2. The van der Waals surface area contributed by atoms with Crippen LogP contribution in [0.5, 0.6) is 0 Å². The molecular formula is C18H26N4O5. The van der Waals surface area contributed by atoms with E-state index >= 15 is 0 Å². The van der Waals surface area contributed by atoms with Crippen molar-refractivity contribution in [1.82, 2.24) is 10.2 Å². The zero-order valence-electron chi connectivity index (χ0n) is 16.1. The summed E-state index contributed by atoms with van der Waals surface area (Å²) >= 11 is 0. The van der Waals surface area contributed by atoms with Crippen molar-refractivity contribution in [2.45, 2.75) is 45.3 Å². The van der Waals surface area contributed by atoms with E-state index in [2.05, 4.69) is 10.6 Å². The summed E-state index contributed by atoms with van der Waals surface area (Å²) in [6, 6.07) is 4.14. The molecule has 0 radical (unpaired) electrons. The highest BCUT2D eigenvalue weighted by molar-refractivity contribution is 5.96. The van der Waals surface area contributed by atoms with E-state index in [-0.39, 0.29) is 23.2 Å². The summed E-state index contributed by atoms with van der Waals surface area (Å²) in [5.74, 6) is -0.295. The lowest BCUT2D eigenvalue weighted by Gasteiger charge is -2.33. The number of piperidine rings is 1. The number of carbonyl (C=O) groups is 2. The second kappa shape index (κ2) is 8.24. The summed E-state index contributed by atoms with van der Waals surface area (Å²) in [5.41, 5.74) is -0.149. The van der Waals surface area contributed by atoms with E-state index in [1.807, 2.05) is 0 Å². The van der Waals surface area contributed by atoms with E-state index in [0.717, 1.165) is 12.8 Å². The van der Waals surface area contributed by atoms with Crippen molar-refractivity contribution in [2.24, 2.45) is 0 Å². The number of ether oxygens (including phenoxy) is 1. The number of alkyl carbamates (subject to hydrolysis) is 1. The summed E-state index contributed by atoms with van der Waals surface area (Å²) < 4.78 is 5.25. The number of hydrogen-bond donors (Lipinski definition) is 2. The predicted octanol–water partition coefficient (Wildman–Crippen LogP) is 2.77. The standard InChI is InChI=1S/C18H26N4O5/c1-18(2,3)27-17(24)20-13-6-5-9-21(11-13)16(23)12-7-8-14(19-4)15(10-12)22(25)26/h7-8,10,13,19H,5-6,9,11H2,1-4H3,(H,20,24)/t13-/m1/s1.